The van der Waals surface area contributed by atoms with Crippen LogP contribution in [0.25, 0.3) is 0 Å². The summed E-state index contributed by atoms with van der Waals surface area (Å²) in [4.78, 5) is 0. The topological polar surface area (TPSA) is 92.5 Å². The van der Waals surface area contributed by atoms with Crippen LogP contribution in [0, 0.1) is 0 Å². The van der Waals surface area contributed by atoms with E-state index < -0.39 is 0 Å². The highest BCUT2D eigenvalue weighted by Gasteiger charge is 2.01. The first-order valence-corrected chi connectivity index (χ1v) is 2.68. The molecule has 0 atom stereocenters. The Morgan fingerprint density at radius 1 is 0.769 bits per heavy atom. The van der Waals surface area contributed by atoms with Crippen LogP contribution in [-0.4, -0.2) is 10.2 Å². The van der Waals surface area contributed by atoms with E-state index in [1.807, 2.05) is 0 Å². The number of halogens is 3. The number of hydrogen-bond donors (Lipinski definition) is 4. The molecule has 0 heterocycles. The molecule has 7 heteroatoms. The lowest BCUT2D eigenvalue weighted by Gasteiger charge is -2.01. The Balaban J connectivity index is -0.000000333. The SMILES string of the molecule is Cl.Cl.Cl.Nc1cc(N)c(O)cc1O. The summed E-state index contributed by atoms with van der Waals surface area (Å²) in [6.07, 6.45) is 0. The van der Waals surface area contributed by atoms with Crippen LogP contribution >= 0.6 is 37.2 Å². The van der Waals surface area contributed by atoms with Crippen LogP contribution in [0.5, 0.6) is 11.5 Å². The van der Waals surface area contributed by atoms with Crippen molar-refractivity contribution in [1.82, 2.24) is 0 Å². The third-order valence-corrected chi connectivity index (χ3v) is 1.18. The summed E-state index contributed by atoms with van der Waals surface area (Å²) in [7, 11) is 0. The van der Waals surface area contributed by atoms with E-state index in [0.29, 0.717) is 0 Å². The Morgan fingerprint density at radius 2 is 1.08 bits per heavy atom. The molecular formula is C6H11Cl3N2O2. The van der Waals surface area contributed by atoms with Crippen molar-refractivity contribution in [3.05, 3.63) is 12.1 Å². The molecule has 4 nitrogen and oxygen atoms in total. The Kier molecular flexibility index (Phi) is 9.45. The molecule has 0 aliphatic carbocycles. The summed E-state index contributed by atoms with van der Waals surface area (Å²) in [6, 6.07) is 2.40. The number of nitrogens with two attached hydrogens (primary N) is 2. The van der Waals surface area contributed by atoms with Gasteiger partial charge >= 0.3 is 0 Å². The molecule has 6 N–H and O–H groups in total. The standard InChI is InChI=1S/C6H8N2O2.3ClH/c7-3-1-4(8)6(10)2-5(3)9;;;/h1-2,9-10H,7-8H2;3*1H. The van der Waals surface area contributed by atoms with E-state index in [-0.39, 0.29) is 60.1 Å². The van der Waals surface area contributed by atoms with Gasteiger partial charge in [-0.3, -0.25) is 0 Å². The Morgan fingerprint density at radius 3 is 1.31 bits per heavy atom. The van der Waals surface area contributed by atoms with Gasteiger partial charge in [-0.15, -0.1) is 37.2 Å². The minimum Gasteiger partial charge on any atom is -0.506 e. The molecule has 1 aromatic rings. The lowest BCUT2D eigenvalue weighted by Crippen LogP contribution is -1.90. The second kappa shape index (κ2) is 6.77. The quantitative estimate of drug-likeness (QED) is 0.319. The number of phenolic OH excluding ortho intramolecular Hbond substituents is 2. The van der Waals surface area contributed by atoms with Gasteiger partial charge in [0.05, 0.1) is 11.4 Å². The van der Waals surface area contributed by atoms with Gasteiger partial charge in [0, 0.05) is 6.07 Å². The zero-order valence-electron chi connectivity index (χ0n) is 6.43. The zero-order chi connectivity index (χ0) is 7.72. The molecule has 1 rings (SSSR count). The van der Waals surface area contributed by atoms with Crippen LogP contribution < -0.4 is 11.5 Å². The second-order valence-electron chi connectivity index (χ2n) is 1.97. The molecule has 0 saturated carbocycles. The van der Waals surface area contributed by atoms with Crippen molar-refractivity contribution in [1.29, 1.82) is 0 Å². The highest BCUT2D eigenvalue weighted by molar-refractivity contribution is 5.86. The number of aromatic hydroxyl groups is 2. The van der Waals surface area contributed by atoms with Gasteiger partial charge in [0.25, 0.3) is 0 Å². The minimum atomic E-state index is -0.160. The molecule has 0 radical (unpaired) electrons. The van der Waals surface area contributed by atoms with E-state index in [1.165, 1.54) is 6.07 Å². The summed E-state index contributed by atoms with van der Waals surface area (Å²) in [6.45, 7) is 0. The average Bonchev–Trinajstić information content (AvgIpc) is 1.84. The first-order valence-electron chi connectivity index (χ1n) is 2.68. The van der Waals surface area contributed by atoms with Crippen LogP contribution in [0.4, 0.5) is 11.4 Å². The van der Waals surface area contributed by atoms with Gasteiger partial charge in [0.15, 0.2) is 0 Å². The average molecular weight is 250 g/mol. The fraction of sp³-hybridized carbons (Fsp3) is 0. The maximum atomic E-state index is 8.88. The summed E-state index contributed by atoms with van der Waals surface area (Å²) in [5, 5.41) is 17.8. The van der Waals surface area contributed by atoms with Gasteiger partial charge < -0.3 is 21.7 Å². The van der Waals surface area contributed by atoms with E-state index >= 15 is 0 Å². The maximum absolute atomic E-state index is 8.88. The van der Waals surface area contributed by atoms with E-state index in [1.54, 1.807) is 0 Å². The molecule has 0 unspecified atom stereocenters. The highest BCUT2D eigenvalue weighted by atomic mass is 35.5. The second-order valence-corrected chi connectivity index (χ2v) is 1.97. The van der Waals surface area contributed by atoms with Gasteiger partial charge in [0.2, 0.25) is 0 Å². The fourth-order valence-electron chi connectivity index (χ4n) is 0.612. The molecule has 78 valence electrons. The summed E-state index contributed by atoms with van der Waals surface area (Å²) < 4.78 is 0. The molecular weight excluding hydrogens is 238 g/mol. The fourth-order valence-corrected chi connectivity index (χ4v) is 0.612. The number of rotatable bonds is 0. The number of hydrogen-bond acceptors (Lipinski definition) is 4. The Labute approximate surface area is 94.2 Å². The van der Waals surface area contributed by atoms with E-state index in [2.05, 4.69) is 0 Å². The number of benzene rings is 1. The zero-order valence-corrected chi connectivity index (χ0v) is 8.88. The monoisotopic (exact) mass is 248 g/mol. The Bertz CT molecular complexity index is 220. The van der Waals surface area contributed by atoms with Crippen LogP contribution in [0.1, 0.15) is 0 Å². The van der Waals surface area contributed by atoms with E-state index in [0.717, 1.165) is 6.07 Å². The van der Waals surface area contributed by atoms with Gasteiger partial charge in [-0.25, -0.2) is 0 Å². The third kappa shape index (κ3) is 4.17. The van der Waals surface area contributed by atoms with Gasteiger partial charge in [0.1, 0.15) is 11.5 Å². The predicted octanol–water partition coefficient (Wildman–Crippen LogP) is 1.53. The molecule has 13 heavy (non-hydrogen) atoms. The normalized spacial score (nSPS) is 7.38. The van der Waals surface area contributed by atoms with Gasteiger partial charge in [-0.1, -0.05) is 0 Å². The van der Waals surface area contributed by atoms with Crippen LogP contribution in [-0.2, 0) is 0 Å². The molecule has 0 amide bonds. The van der Waals surface area contributed by atoms with Crippen molar-refractivity contribution in [3.8, 4) is 11.5 Å². The van der Waals surface area contributed by atoms with Crippen molar-refractivity contribution >= 4 is 48.6 Å². The van der Waals surface area contributed by atoms with E-state index in [4.69, 9.17) is 21.7 Å². The Hall–Kier alpha value is -0.710. The number of nitrogen functional groups attached to an aromatic ring is 2. The van der Waals surface area contributed by atoms with Crippen molar-refractivity contribution in [2.75, 3.05) is 11.5 Å². The number of phenols is 2. The van der Waals surface area contributed by atoms with Crippen molar-refractivity contribution in [2.24, 2.45) is 0 Å². The van der Waals surface area contributed by atoms with E-state index in [9.17, 15) is 0 Å². The van der Waals surface area contributed by atoms with Crippen LogP contribution in [0.15, 0.2) is 12.1 Å². The lowest BCUT2D eigenvalue weighted by molar-refractivity contribution is 0.454. The van der Waals surface area contributed by atoms with Crippen molar-refractivity contribution < 1.29 is 10.2 Å². The largest absolute Gasteiger partial charge is 0.506 e. The van der Waals surface area contributed by atoms with Gasteiger partial charge in [-0.05, 0) is 6.07 Å². The van der Waals surface area contributed by atoms with Crippen molar-refractivity contribution in [3.63, 3.8) is 0 Å². The van der Waals surface area contributed by atoms with Crippen LogP contribution in [0.3, 0.4) is 0 Å². The number of anilines is 2. The first-order chi connectivity index (χ1) is 4.61. The molecule has 0 aliphatic heterocycles. The molecule has 0 fully saturated rings. The molecule has 1 aromatic carbocycles. The van der Waals surface area contributed by atoms with Gasteiger partial charge in [-0.2, -0.15) is 0 Å². The minimum absolute atomic E-state index is 0. The van der Waals surface area contributed by atoms with Crippen LogP contribution in [0.2, 0.25) is 0 Å². The molecule has 0 aliphatic rings. The molecule has 0 spiro atoms. The summed E-state index contributed by atoms with van der Waals surface area (Å²) in [5.74, 6) is -0.321. The smallest absolute Gasteiger partial charge is 0.142 e. The molecule has 0 bridgehead atoms. The molecule has 0 aromatic heterocycles. The van der Waals surface area contributed by atoms with Crippen molar-refractivity contribution in [2.45, 2.75) is 0 Å². The maximum Gasteiger partial charge on any atom is 0.142 e. The third-order valence-electron chi connectivity index (χ3n) is 1.18. The lowest BCUT2D eigenvalue weighted by atomic mass is 10.2. The summed E-state index contributed by atoms with van der Waals surface area (Å²) in [5.41, 5.74) is 10.8. The predicted molar refractivity (Wildman–Crippen MR) is 60.3 cm³/mol. The molecule has 0 saturated heterocycles. The summed E-state index contributed by atoms with van der Waals surface area (Å²) >= 11 is 0. The first kappa shape index (κ1) is 18.2. The highest BCUT2D eigenvalue weighted by Crippen LogP contribution is 2.30.